The molecule has 0 radical (unpaired) electrons. The van der Waals surface area contributed by atoms with Gasteiger partial charge in [0.25, 0.3) is 0 Å². The molecule has 3 N–H and O–H groups in total. The maximum atomic E-state index is 6.04. The summed E-state index contributed by atoms with van der Waals surface area (Å²) >= 11 is 1.88. The highest BCUT2D eigenvalue weighted by Gasteiger charge is 2.21. The molecule has 0 saturated carbocycles. The molecule has 1 unspecified atom stereocenters. The summed E-state index contributed by atoms with van der Waals surface area (Å²) in [7, 11) is 0. The van der Waals surface area contributed by atoms with Crippen LogP contribution < -0.4 is 11.1 Å². The summed E-state index contributed by atoms with van der Waals surface area (Å²) in [5, 5.41) is 5.37. The molecule has 1 aliphatic rings. The lowest BCUT2D eigenvalue weighted by Gasteiger charge is -2.31. The van der Waals surface area contributed by atoms with Crippen molar-refractivity contribution in [3.63, 3.8) is 0 Å². The van der Waals surface area contributed by atoms with Crippen LogP contribution in [0.1, 0.15) is 29.9 Å². The van der Waals surface area contributed by atoms with E-state index in [1.807, 2.05) is 23.5 Å². The number of hydrogen-bond acceptors (Lipinski definition) is 3. The third kappa shape index (κ3) is 4.16. The van der Waals surface area contributed by atoms with E-state index in [9.17, 15) is 0 Å². The number of anilines is 1. The van der Waals surface area contributed by atoms with E-state index in [0.29, 0.717) is 18.5 Å². The Bertz CT molecular complexity index is 690. The van der Waals surface area contributed by atoms with Crippen molar-refractivity contribution in [3.05, 3.63) is 51.7 Å². The molecule has 5 heteroatoms. The van der Waals surface area contributed by atoms with Gasteiger partial charge in [-0.1, -0.05) is 19.1 Å². The van der Waals surface area contributed by atoms with Gasteiger partial charge < -0.3 is 11.1 Å². The molecule has 2 aromatic rings. The molecule has 1 aliphatic heterocycles. The molecule has 3 rings (SSSR count). The van der Waals surface area contributed by atoms with Crippen molar-refractivity contribution in [2.45, 2.75) is 39.3 Å². The predicted octanol–water partition coefficient (Wildman–Crippen LogP) is 3.48. The van der Waals surface area contributed by atoms with Crippen LogP contribution in [0, 0.1) is 0 Å². The molecule has 2 heterocycles. The molecule has 4 nitrogen and oxygen atoms in total. The summed E-state index contributed by atoms with van der Waals surface area (Å²) in [6.45, 7) is 7.23. The number of benzene rings is 1. The third-order valence-corrected chi connectivity index (χ3v) is 5.64. The van der Waals surface area contributed by atoms with Gasteiger partial charge >= 0.3 is 0 Å². The molecular formula is C19H26N4S. The number of guanidine groups is 1. The van der Waals surface area contributed by atoms with E-state index in [2.05, 4.69) is 52.6 Å². The Labute approximate surface area is 148 Å². The highest BCUT2D eigenvalue weighted by molar-refractivity contribution is 7.10. The van der Waals surface area contributed by atoms with Crippen LogP contribution in [-0.4, -0.2) is 30.0 Å². The number of aliphatic imine (C=N–C) groups is 1. The Balaban J connectivity index is 1.52. The van der Waals surface area contributed by atoms with Crippen LogP contribution in [0.5, 0.6) is 0 Å². The van der Waals surface area contributed by atoms with Gasteiger partial charge in [-0.15, -0.1) is 11.3 Å². The lowest BCUT2D eigenvalue weighted by atomic mass is 10.1. The highest BCUT2D eigenvalue weighted by Crippen LogP contribution is 2.25. The largest absolute Gasteiger partial charge is 0.370 e. The molecule has 1 aromatic carbocycles. The minimum atomic E-state index is 0.390. The van der Waals surface area contributed by atoms with Crippen molar-refractivity contribution in [1.29, 1.82) is 0 Å². The number of hydrogen-bond donors (Lipinski definition) is 2. The first-order chi connectivity index (χ1) is 11.7. The number of rotatable bonds is 5. The molecule has 0 fully saturated rings. The number of nitrogens with one attached hydrogen (secondary N) is 1. The average Bonchev–Trinajstić information content (AvgIpc) is 3.08. The minimum Gasteiger partial charge on any atom is -0.370 e. The van der Waals surface area contributed by atoms with E-state index in [-0.39, 0.29) is 0 Å². The van der Waals surface area contributed by atoms with E-state index in [1.165, 1.54) is 11.1 Å². The number of thiophene rings is 1. The number of nitrogens with zero attached hydrogens (tertiary/aromatic N) is 2. The predicted molar refractivity (Wildman–Crippen MR) is 104 cm³/mol. The Morgan fingerprint density at radius 3 is 2.88 bits per heavy atom. The van der Waals surface area contributed by atoms with Crippen molar-refractivity contribution in [3.8, 4) is 0 Å². The van der Waals surface area contributed by atoms with E-state index in [4.69, 9.17) is 5.73 Å². The molecular weight excluding hydrogens is 316 g/mol. The van der Waals surface area contributed by atoms with Crippen LogP contribution in [0.3, 0.4) is 0 Å². The van der Waals surface area contributed by atoms with Crippen molar-refractivity contribution in [1.82, 2.24) is 4.90 Å². The molecule has 0 amide bonds. The molecule has 0 saturated heterocycles. The van der Waals surface area contributed by atoms with Crippen LogP contribution >= 0.6 is 11.3 Å². The van der Waals surface area contributed by atoms with Gasteiger partial charge in [0.15, 0.2) is 5.96 Å². The Morgan fingerprint density at radius 1 is 1.33 bits per heavy atom. The van der Waals surface area contributed by atoms with Crippen LogP contribution in [0.25, 0.3) is 0 Å². The second-order valence-electron chi connectivity index (χ2n) is 6.34. The van der Waals surface area contributed by atoms with Gasteiger partial charge in [0.05, 0.1) is 6.54 Å². The Kier molecular flexibility index (Phi) is 5.53. The summed E-state index contributed by atoms with van der Waals surface area (Å²) < 4.78 is 0. The zero-order valence-electron chi connectivity index (χ0n) is 14.5. The fourth-order valence-corrected chi connectivity index (χ4v) is 3.89. The molecule has 1 atom stereocenters. The first-order valence-corrected chi connectivity index (χ1v) is 9.49. The first kappa shape index (κ1) is 17.0. The number of aryl methyl sites for hydroxylation is 1. The van der Waals surface area contributed by atoms with Crippen LogP contribution in [0.2, 0.25) is 0 Å². The average molecular weight is 343 g/mol. The van der Waals surface area contributed by atoms with Gasteiger partial charge in [-0.25, -0.2) is 0 Å². The van der Waals surface area contributed by atoms with E-state index >= 15 is 0 Å². The summed E-state index contributed by atoms with van der Waals surface area (Å²) in [6.07, 6.45) is 2.20. The standard InChI is InChI=1S/C19H26N4S/c1-3-15-4-6-17(7-5-15)22-19(20)21-12-14(2)23-10-8-18-16(13-23)9-11-24-18/h4-7,9,11,14H,3,8,10,12-13H2,1-2H3,(H3,20,21,22). The van der Waals surface area contributed by atoms with Crippen molar-refractivity contribution < 1.29 is 0 Å². The summed E-state index contributed by atoms with van der Waals surface area (Å²) in [6, 6.07) is 11.0. The molecule has 24 heavy (non-hydrogen) atoms. The first-order valence-electron chi connectivity index (χ1n) is 8.61. The highest BCUT2D eigenvalue weighted by atomic mass is 32.1. The smallest absolute Gasteiger partial charge is 0.193 e. The molecule has 1 aromatic heterocycles. The monoisotopic (exact) mass is 342 g/mol. The maximum Gasteiger partial charge on any atom is 0.193 e. The quantitative estimate of drug-likeness (QED) is 0.646. The molecule has 0 bridgehead atoms. The van der Waals surface area contributed by atoms with Crippen LogP contribution in [0.15, 0.2) is 40.7 Å². The number of nitrogens with two attached hydrogens (primary N) is 1. The second kappa shape index (κ2) is 7.81. The zero-order valence-corrected chi connectivity index (χ0v) is 15.3. The SMILES string of the molecule is CCc1ccc(NC(N)=NCC(C)N2CCc3sccc3C2)cc1. The Morgan fingerprint density at radius 2 is 2.12 bits per heavy atom. The fraction of sp³-hybridized carbons (Fsp3) is 0.421. The van der Waals surface area contributed by atoms with Gasteiger partial charge in [0, 0.05) is 29.7 Å². The summed E-state index contributed by atoms with van der Waals surface area (Å²) in [5.41, 5.74) is 9.82. The van der Waals surface area contributed by atoms with E-state index in [0.717, 1.165) is 31.6 Å². The van der Waals surface area contributed by atoms with Crippen molar-refractivity contribution in [2.75, 3.05) is 18.4 Å². The van der Waals surface area contributed by atoms with Gasteiger partial charge in [-0.05, 0) is 54.5 Å². The normalized spacial score (nSPS) is 16.7. The Hall–Kier alpha value is -1.85. The molecule has 0 spiro atoms. The third-order valence-electron chi connectivity index (χ3n) is 4.62. The van der Waals surface area contributed by atoms with E-state index in [1.54, 1.807) is 4.88 Å². The van der Waals surface area contributed by atoms with E-state index < -0.39 is 0 Å². The molecule has 128 valence electrons. The topological polar surface area (TPSA) is 53.6 Å². The zero-order chi connectivity index (χ0) is 16.9. The van der Waals surface area contributed by atoms with Crippen molar-refractivity contribution >= 4 is 23.0 Å². The van der Waals surface area contributed by atoms with Crippen LogP contribution in [0.4, 0.5) is 5.69 Å². The summed E-state index contributed by atoms with van der Waals surface area (Å²) in [5.74, 6) is 0.485. The van der Waals surface area contributed by atoms with Gasteiger partial charge in [-0.3, -0.25) is 9.89 Å². The fourth-order valence-electron chi connectivity index (χ4n) is 3.00. The maximum absolute atomic E-state index is 6.04. The van der Waals surface area contributed by atoms with Gasteiger partial charge in [-0.2, -0.15) is 0 Å². The van der Waals surface area contributed by atoms with Crippen molar-refractivity contribution in [2.24, 2.45) is 10.7 Å². The minimum absolute atomic E-state index is 0.390. The molecule has 0 aliphatic carbocycles. The van der Waals surface area contributed by atoms with Crippen LogP contribution in [-0.2, 0) is 19.4 Å². The number of fused-ring (bicyclic) bond motifs is 1. The lowest BCUT2D eigenvalue weighted by molar-refractivity contribution is 0.197. The van der Waals surface area contributed by atoms with Gasteiger partial charge in [0.2, 0.25) is 0 Å². The second-order valence-corrected chi connectivity index (χ2v) is 7.34. The lowest BCUT2D eigenvalue weighted by Crippen LogP contribution is -2.39. The summed E-state index contributed by atoms with van der Waals surface area (Å²) in [4.78, 5) is 8.55. The van der Waals surface area contributed by atoms with Gasteiger partial charge in [0.1, 0.15) is 0 Å².